The smallest absolute Gasteiger partial charge is 0.236 e. The number of carbonyl (C=O) groups is 1. The van der Waals surface area contributed by atoms with Gasteiger partial charge >= 0.3 is 0 Å². The number of aromatic nitrogens is 2. The van der Waals surface area contributed by atoms with Crippen LogP contribution in [0.3, 0.4) is 0 Å². The first-order chi connectivity index (χ1) is 14.2. The molecule has 156 valence electrons. The van der Waals surface area contributed by atoms with E-state index in [-0.39, 0.29) is 17.7 Å². The van der Waals surface area contributed by atoms with E-state index in [4.69, 9.17) is 4.74 Å². The summed E-state index contributed by atoms with van der Waals surface area (Å²) in [7, 11) is 1.69. The number of amides is 1. The lowest BCUT2D eigenvalue weighted by Crippen LogP contribution is -2.46. The predicted octanol–water partition coefficient (Wildman–Crippen LogP) is 3.52. The van der Waals surface area contributed by atoms with Crippen molar-refractivity contribution in [2.24, 2.45) is 0 Å². The Morgan fingerprint density at radius 1 is 1.28 bits per heavy atom. The summed E-state index contributed by atoms with van der Waals surface area (Å²) in [6.45, 7) is 5.23. The molecule has 1 amide bonds. The van der Waals surface area contributed by atoms with Gasteiger partial charge in [0.25, 0.3) is 0 Å². The molecule has 3 atom stereocenters. The van der Waals surface area contributed by atoms with Crippen LogP contribution >= 0.6 is 11.5 Å². The zero-order valence-corrected chi connectivity index (χ0v) is 18.1. The molecule has 2 aliphatic heterocycles. The number of nitrogens with zero attached hydrogens (tertiary/aromatic N) is 4. The first-order valence-corrected chi connectivity index (χ1v) is 11.5. The summed E-state index contributed by atoms with van der Waals surface area (Å²) in [6.07, 6.45) is 4.81. The van der Waals surface area contributed by atoms with Crippen molar-refractivity contribution in [1.82, 2.24) is 19.4 Å². The number of hydrogen-bond acceptors (Lipinski definition) is 6. The number of hydrogen-bond donors (Lipinski definition) is 0. The van der Waals surface area contributed by atoms with Crippen LogP contribution < -0.4 is 4.74 Å². The second-order valence-electron chi connectivity index (χ2n) is 8.15. The van der Waals surface area contributed by atoms with E-state index in [1.54, 1.807) is 7.11 Å². The van der Waals surface area contributed by atoms with Gasteiger partial charge in [0.2, 0.25) is 5.91 Å². The van der Waals surface area contributed by atoms with Crippen LogP contribution in [0.5, 0.6) is 5.75 Å². The summed E-state index contributed by atoms with van der Waals surface area (Å²) in [5.74, 6) is 1.47. The zero-order chi connectivity index (χ0) is 20.2. The van der Waals surface area contributed by atoms with Crippen molar-refractivity contribution in [3.8, 4) is 5.75 Å². The van der Waals surface area contributed by atoms with E-state index < -0.39 is 0 Å². The van der Waals surface area contributed by atoms with Gasteiger partial charge in [-0.3, -0.25) is 9.69 Å². The summed E-state index contributed by atoms with van der Waals surface area (Å²) in [5.41, 5.74) is 2.18. The van der Waals surface area contributed by atoms with E-state index in [0.717, 1.165) is 31.0 Å². The highest BCUT2D eigenvalue weighted by molar-refractivity contribution is 7.03. The van der Waals surface area contributed by atoms with Gasteiger partial charge in [0.05, 0.1) is 19.3 Å². The van der Waals surface area contributed by atoms with Crippen LogP contribution in [0.4, 0.5) is 0 Å². The Labute approximate surface area is 177 Å². The Balaban J connectivity index is 1.52. The number of ether oxygens (including phenoxy) is 1. The average molecular weight is 415 g/mol. The van der Waals surface area contributed by atoms with Gasteiger partial charge < -0.3 is 9.64 Å². The quantitative estimate of drug-likeness (QED) is 0.724. The highest BCUT2D eigenvalue weighted by Crippen LogP contribution is 2.40. The maximum absolute atomic E-state index is 13.2. The van der Waals surface area contributed by atoms with Gasteiger partial charge in [0, 0.05) is 36.3 Å². The Hall–Kier alpha value is -1.99. The second kappa shape index (κ2) is 9.22. The lowest BCUT2D eigenvalue weighted by Gasteiger charge is -2.35. The van der Waals surface area contributed by atoms with Gasteiger partial charge in [-0.1, -0.05) is 30.0 Å². The molecule has 2 saturated heterocycles. The average Bonchev–Trinajstić information content (AvgIpc) is 3.44. The van der Waals surface area contributed by atoms with Crippen molar-refractivity contribution in [2.45, 2.75) is 50.5 Å². The summed E-state index contributed by atoms with van der Waals surface area (Å²) >= 11 is 1.38. The summed E-state index contributed by atoms with van der Waals surface area (Å²) in [6, 6.07) is 8.74. The minimum absolute atomic E-state index is 0.174. The van der Waals surface area contributed by atoms with Crippen LogP contribution in [0.25, 0.3) is 0 Å². The Kier molecular flexibility index (Phi) is 6.45. The molecule has 2 aromatic rings. The highest BCUT2D eigenvalue weighted by Gasteiger charge is 2.39. The molecule has 0 saturated carbocycles. The Morgan fingerprint density at radius 3 is 2.90 bits per heavy atom. The van der Waals surface area contributed by atoms with E-state index >= 15 is 0 Å². The van der Waals surface area contributed by atoms with Gasteiger partial charge in [-0.25, -0.2) is 0 Å². The maximum atomic E-state index is 13.2. The number of methoxy groups -OCH3 is 1. The molecule has 6 nitrogen and oxygen atoms in total. The lowest BCUT2D eigenvalue weighted by atomic mass is 9.87. The fraction of sp³-hybridized carbons (Fsp3) is 0.591. The molecule has 0 radical (unpaired) electrons. The monoisotopic (exact) mass is 414 g/mol. The number of piperidine rings is 1. The molecule has 0 N–H and O–H groups in total. The fourth-order valence-electron chi connectivity index (χ4n) is 4.85. The number of carbonyl (C=O) groups excluding carboxylic acids is 1. The van der Waals surface area contributed by atoms with E-state index in [1.165, 1.54) is 36.4 Å². The van der Waals surface area contributed by atoms with Crippen molar-refractivity contribution >= 4 is 17.4 Å². The van der Waals surface area contributed by atoms with E-state index in [0.29, 0.717) is 19.1 Å². The van der Waals surface area contributed by atoms with Gasteiger partial charge in [0.15, 0.2) is 0 Å². The predicted molar refractivity (Wildman–Crippen MR) is 114 cm³/mol. The van der Waals surface area contributed by atoms with Crippen molar-refractivity contribution in [3.63, 3.8) is 0 Å². The maximum Gasteiger partial charge on any atom is 0.236 e. The molecular weight excluding hydrogens is 384 g/mol. The molecule has 0 aliphatic carbocycles. The number of rotatable bonds is 6. The first-order valence-electron chi connectivity index (χ1n) is 10.6. The largest absolute Gasteiger partial charge is 0.497 e. The van der Waals surface area contributed by atoms with Crippen LogP contribution in [0.15, 0.2) is 29.6 Å². The summed E-state index contributed by atoms with van der Waals surface area (Å²) < 4.78 is 9.49. The van der Waals surface area contributed by atoms with Crippen molar-refractivity contribution in [1.29, 1.82) is 0 Å². The standard InChI is InChI=1S/C22H30N4O2S/c1-3-17-8-4-5-10-25(17)14-22(27)26-12-19(16-7-6-9-18(11-16)28-2)20(13-26)21-15-29-24-23-21/h6-7,9,11,15,17,19-20H,3-5,8,10,12-14H2,1-2H3/t17?,19-,20+/m0/s1. The van der Waals surface area contributed by atoms with Crippen LogP contribution in [0.1, 0.15) is 55.7 Å². The number of likely N-dealkylation sites (tertiary alicyclic amines) is 2. The van der Waals surface area contributed by atoms with Gasteiger partial charge in [-0.05, 0) is 55.0 Å². The zero-order valence-electron chi connectivity index (χ0n) is 17.3. The minimum Gasteiger partial charge on any atom is -0.497 e. The van der Waals surface area contributed by atoms with Gasteiger partial charge in [-0.2, -0.15) is 0 Å². The molecule has 0 bridgehead atoms. The molecule has 1 aromatic carbocycles. The third-order valence-corrected chi connectivity index (χ3v) is 7.03. The number of benzene rings is 1. The normalized spacial score (nSPS) is 25.3. The van der Waals surface area contributed by atoms with E-state index in [1.807, 2.05) is 22.4 Å². The van der Waals surface area contributed by atoms with Crippen molar-refractivity contribution in [2.75, 3.05) is 33.3 Å². The SMILES string of the molecule is CCC1CCCCN1CC(=O)N1C[C@@H](c2cccc(OC)c2)[C@H](c2csnn2)C1. The van der Waals surface area contributed by atoms with Crippen LogP contribution in [-0.2, 0) is 4.79 Å². The van der Waals surface area contributed by atoms with E-state index in [2.05, 4.69) is 33.5 Å². The van der Waals surface area contributed by atoms with Gasteiger partial charge in [-0.15, -0.1) is 5.10 Å². The van der Waals surface area contributed by atoms with Gasteiger partial charge in [0.1, 0.15) is 5.75 Å². The molecule has 29 heavy (non-hydrogen) atoms. The van der Waals surface area contributed by atoms with Crippen LogP contribution in [0.2, 0.25) is 0 Å². The molecule has 4 rings (SSSR count). The molecule has 1 unspecified atom stereocenters. The lowest BCUT2D eigenvalue weighted by molar-refractivity contribution is -0.132. The van der Waals surface area contributed by atoms with Crippen molar-refractivity contribution in [3.05, 3.63) is 40.9 Å². The summed E-state index contributed by atoms with van der Waals surface area (Å²) in [5, 5.41) is 6.36. The molecule has 2 fully saturated rings. The molecule has 1 aromatic heterocycles. The van der Waals surface area contributed by atoms with E-state index in [9.17, 15) is 4.79 Å². The minimum atomic E-state index is 0.174. The summed E-state index contributed by atoms with van der Waals surface area (Å²) in [4.78, 5) is 17.6. The fourth-order valence-corrected chi connectivity index (χ4v) is 5.37. The molecule has 2 aliphatic rings. The first kappa shape index (κ1) is 20.3. The Bertz CT molecular complexity index is 813. The second-order valence-corrected chi connectivity index (χ2v) is 8.76. The highest BCUT2D eigenvalue weighted by atomic mass is 32.1. The third-order valence-electron chi connectivity index (χ3n) is 6.51. The molecular formula is C22H30N4O2S. The Morgan fingerprint density at radius 2 is 2.14 bits per heavy atom. The van der Waals surface area contributed by atoms with Crippen LogP contribution in [0, 0.1) is 0 Å². The topological polar surface area (TPSA) is 58.6 Å². The molecule has 3 heterocycles. The molecule has 0 spiro atoms. The molecule has 7 heteroatoms. The third kappa shape index (κ3) is 4.46. The van der Waals surface area contributed by atoms with Crippen molar-refractivity contribution < 1.29 is 9.53 Å². The van der Waals surface area contributed by atoms with Crippen LogP contribution in [-0.4, -0.2) is 64.6 Å².